The van der Waals surface area contributed by atoms with Crippen molar-refractivity contribution in [2.24, 2.45) is 0 Å². The summed E-state index contributed by atoms with van der Waals surface area (Å²) in [5.41, 5.74) is 1.15. The minimum Gasteiger partial charge on any atom is -0.367 e. The summed E-state index contributed by atoms with van der Waals surface area (Å²) in [6.07, 6.45) is 7.29. The van der Waals surface area contributed by atoms with Crippen molar-refractivity contribution < 1.29 is 0 Å². The Morgan fingerprint density at radius 1 is 1.41 bits per heavy atom. The normalized spacial score (nSPS) is 16.6. The van der Waals surface area contributed by atoms with Crippen LogP contribution in [0.3, 0.4) is 0 Å². The maximum Gasteiger partial charge on any atom is 0.148 e. The van der Waals surface area contributed by atoms with Crippen LogP contribution in [0.15, 0.2) is 12.3 Å². The molecule has 0 saturated heterocycles. The molecular weight excluding hydrogens is 212 g/mol. The number of nitrogens with zero attached hydrogens (tertiary/aromatic N) is 3. The zero-order chi connectivity index (χ0) is 12.1. The molecule has 1 aliphatic rings. The molecule has 0 aromatic carbocycles. The zero-order valence-electron chi connectivity index (χ0n) is 10.8. The van der Waals surface area contributed by atoms with E-state index in [1.54, 1.807) is 6.20 Å². The lowest BCUT2D eigenvalue weighted by molar-refractivity contribution is 0.254. The molecule has 0 radical (unpaired) electrons. The molecule has 0 amide bonds. The lowest BCUT2D eigenvalue weighted by atomic mass is 10.2. The number of hydrogen-bond donors (Lipinski definition) is 1. The molecule has 0 bridgehead atoms. The molecule has 1 heterocycles. The van der Waals surface area contributed by atoms with E-state index in [4.69, 9.17) is 0 Å². The fourth-order valence-corrected chi connectivity index (χ4v) is 2.44. The minimum absolute atomic E-state index is 0.792. The summed E-state index contributed by atoms with van der Waals surface area (Å²) in [4.78, 5) is 2.46. The quantitative estimate of drug-likeness (QED) is 0.847. The van der Waals surface area contributed by atoms with Crippen molar-refractivity contribution in [3.05, 3.63) is 17.8 Å². The van der Waals surface area contributed by atoms with E-state index in [1.165, 1.54) is 25.7 Å². The third-order valence-electron chi connectivity index (χ3n) is 3.51. The summed E-state index contributed by atoms with van der Waals surface area (Å²) in [6.45, 7) is 4.04. The smallest absolute Gasteiger partial charge is 0.148 e. The molecule has 1 saturated carbocycles. The van der Waals surface area contributed by atoms with E-state index in [2.05, 4.69) is 27.5 Å². The molecule has 0 unspecified atom stereocenters. The van der Waals surface area contributed by atoms with Gasteiger partial charge in [0.2, 0.25) is 0 Å². The molecule has 0 spiro atoms. The van der Waals surface area contributed by atoms with E-state index in [0.29, 0.717) is 0 Å². The highest BCUT2D eigenvalue weighted by Crippen LogP contribution is 2.21. The van der Waals surface area contributed by atoms with Gasteiger partial charge in [-0.15, -0.1) is 5.10 Å². The maximum absolute atomic E-state index is 4.05. The molecule has 4 heteroatoms. The number of anilines is 1. The van der Waals surface area contributed by atoms with Gasteiger partial charge in [-0.1, -0.05) is 12.8 Å². The van der Waals surface area contributed by atoms with Crippen molar-refractivity contribution in [2.45, 2.75) is 38.6 Å². The number of aryl methyl sites for hydroxylation is 1. The van der Waals surface area contributed by atoms with Gasteiger partial charge in [0.15, 0.2) is 0 Å². The highest BCUT2D eigenvalue weighted by atomic mass is 15.2. The Hall–Kier alpha value is -1.16. The first-order chi connectivity index (χ1) is 8.25. The Morgan fingerprint density at radius 2 is 2.18 bits per heavy atom. The van der Waals surface area contributed by atoms with E-state index in [-0.39, 0.29) is 0 Å². The average molecular weight is 234 g/mol. The topological polar surface area (TPSA) is 41.1 Å². The first-order valence-electron chi connectivity index (χ1n) is 6.49. The van der Waals surface area contributed by atoms with Gasteiger partial charge in [0.25, 0.3) is 0 Å². The molecule has 0 atom stereocenters. The van der Waals surface area contributed by atoms with Crippen LogP contribution in [0, 0.1) is 6.92 Å². The van der Waals surface area contributed by atoms with Crippen molar-refractivity contribution in [2.75, 3.05) is 25.5 Å². The summed E-state index contributed by atoms with van der Waals surface area (Å²) < 4.78 is 0. The number of nitrogens with one attached hydrogen (secondary N) is 1. The third kappa shape index (κ3) is 3.66. The fourth-order valence-electron chi connectivity index (χ4n) is 2.44. The highest BCUT2D eigenvalue weighted by molar-refractivity contribution is 5.34. The summed E-state index contributed by atoms with van der Waals surface area (Å²) in [6, 6.07) is 2.82. The zero-order valence-corrected chi connectivity index (χ0v) is 10.8. The number of hydrogen-bond acceptors (Lipinski definition) is 4. The Kier molecular flexibility index (Phi) is 4.31. The van der Waals surface area contributed by atoms with Crippen molar-refractivity contribution >= 4 is 5.82 Å². The van der Waals surface area contributed by atoms with Crippen LogP contribution >= 0.6 is 0 Å². The van der Waals surface area contributed by atoms with Gasteiger partial charge in [-0.2, -0.15) is 5.10 Å². The van der Waals surface area contributed by atoms with Crippen LogP contribution in [0.1, 0.15) is 31.2 Å². The molecule has 2 rings (SSSR count). The molecule has 1 aromatic rings. The molecule has 17 heavy (non-hydrogen) atoms. The van der Waals surface area contributed by atoms with Crippen LogP contribution < -0.4 is 5.32 Å². The number of rotatable bonds is 5. The van der Waals surface area contributed by atoms with Gasteiger partial charge in [-0.05, 0) is 38.4 Å². The van der Waals surface area contributed by atoms with Crippen molar-refractivity contribution in [3.8, 4) is 0 Å². The maximum atomic E-state index is 4.05. The van der Waals surface area contributed by atoms with Crippen LogP contribution in [0.4, 0.5) is 5.82 Å². The second-order valence-electron chi connectivity index (χ2n) is 4.96. The van der Waals surface area contributed by atoms with Crippen molar-refractivity contribution in [1.29, 1.82) is 0 Å². The van der Waals surface area contributed by atoms with Crippen LogP contribution in [-0.2, 0) is 0 Å². The summed E-state index contributed by atoms with van der Waals surface area (Å²) in [7, 11) is 2.22. The lowest BCUT2D eigenvalue weighted by Gasteiger charge is -2.23. The molecule has 1 aromatic heterocycles. The van der Waals surface area contributed by atoms with E-state index in [1.807, 2.05) is 13.0 Å². The average Bonchev–Trinajstić information content (AvgIpc) is 2.82. The first-order valence-corrected chi connectivity index (χ1v) is 6.49. The van der Waals surface area contributed by atoms with E-state index in [0.717, 1.165) is 30.5 Å². The Balaban J connectivity index is 1.71. The van der Waals surface area contributed by atoms with Crippen LogP contribution in [0.5, 0.6) is 0 Å². The van der Waals surface area contributed by atoms with Crippen molar-refractivity contribution in [1.82, 2.24) is 15.1 Å². The van der Waals surface area contributed by atoms with Gasteiger partial charge < -0.3 is 10.2 Å². The second kappa shape index (κ2) is 5.96. The Labute approximate surface area is 103 Å². The van der Waals surface area contributed by atoms with E-state index < -0.39 is 0 Å². The Bertz CT molecular complexity index is 347. The minimum atomic E-state index is 0.792. The molecule has 4 nitrogen and oxygen atoms in total. The van der Waals surface area contributed by atoms with Gasteiger partial charge in [-0.25, -0.2) is 0 Å². The molecule has 1 aliphatic carbocycles. The van der Waals surface area contributed by atoms with E-state index in [9.17, 15) is 0 Å². The van der Waals surface area contributed by atoms with Gasteiger partial charge in [0, 0.05) is 19.1 Å². The van der Waals surface area contributed by atoms with Gasteiger partial charge in [-0.3, -0.25) is 0 Å². The van der Waals surface area contributed by atoms with E-state index >= 15 is 0 Å². The first kappa shape index (κ1) is 12.3. The van der Waals surface area contributed by atoms with Crippen molar-refractivity contribution in [3.63, 3.8) is 0 Å². The third-order valence-corrected chi connectivity index (χ3v) is 3.51. The van der Waals surface area contributed by atoms with Crippen LogP contribution in [-0.4, -0.2) is 41.3 Å². The second-order valence-corrected chi connectivity index (χ2v) is 4.96. The SMILES string of the molecule is Cc1cnnc(NCCN(C)C2CCCC2)c1. The molecule has 1 fully saturated rings. The molecule has 0 aliphatic heterocycles. The fraction of sp³-hybridized carbons (Fsp3) is 0.692. The summed E-state index contributed by atoms with van der Waals surface area (Å²) in [5.74, 6) is 0.879. The van der Waals surface area contributed by atoms with Crippen LogP contribution in [0.2, 0.25) is 0 Å². The lowest BCUT2D eigenvalue weighted by Crippen LogP contribution is -2.33. The number of likely N-dealkylation sites (N-methyl/N-ethyl adjacent to an activating group) is 1. The largest absolute Gasteiger partial charge is 0.367 e. The molecule has 1 N–H and O–H groups in total. The monoisotopic (exact) mass is 234 g/mol. The van der Waals surface area contributed by atoms with Crippen LogP contribution in [0.25, 0.3) is 0 Å². The molecular formula is C13H22N4. The highest BCUT2D eigenvalue weighted by Gasteiger charge is 2.18. The Morgan fingerprint density at radius 3 is 2.88 bits per heavy atom. The molecule has 94 valence electrons. The summed E-state index contributed by atoms with van der Waals surface area (Å²) in [5, 5.41) is 11.3. The number of aromatic nitrogens is 2. The van der Waals surface area contributed by atoms with Gasteiger partial charge in [0.1, 0.15) is 5.82 Å². The van der Waals surface area contributed by atoms with Gasteiger partial charge in [0.05, 0.1) is 6.20 Å². The summed E-state index contributed by atoms with van der Waals surface area (Å²) >= 11 is 0. The standard InChI is InChI=1S/C13H22N4/c1-11-9-13(16-15-10-11)14-7-8-17(2)12-5-3-4-6-12/h9-10,12H,3-8H2,1-2H3,(H,14,16). The predicted molar refractivity (Wildman–Crippen MR) is 70.1 cm³/mol. The van der Waals surface area contributed by atoms with Gasteiger partial charge >= 0.3 is 0 Å². The predicted octanol–water partition coefficient (Wildman–Crippen LogP) is 2.07.